The highest BCUT2D eigenvalue weighted by molar-refractivity contribution is 5.90. The molecule has 0 saturated carbocycles. The lowest BCUT2D eigenvalue weighted by Gasteiger charge is -2.35. The van der Waals surface area contributed by atoms with E-state index >= 15 is 0 Å². The fraction of sp³-hybridized carbons (Fsp3) is 0.471. The van der Waals surface area contributed by atoms with Crippen LogP contribution >= 0.6 is 0 Å². The number of amides is 4. The molecule has 0 bridgehead atoms. The molecule has 6 N–H and O–H groups in total. The number of benzene rings is 1. The number of ether oxygens (including phenoxy) is 2. The molecule has 3 aliphatic rings. The number of nitrogens with zero attached hydrogens (tertiary/aromatic N) is 5. The Balaban J connectivity index is 1.21. The predicted octanol–water partition coefficient (Wildman–Crippen LogP) is 0.560. The number of hydrogen-bond donors (Lipinski definition) is 4. The highest BCUT2D eigenvalue weighted by Crippen LogP contribution is 2.40. The van der Waals surface area contributed by atoms with Crippen molar-refractivity contribution in [2.75, 3.05) is 46.8 Å². The largest absolute Gasteiger partial charge is 0.458 e. The number of pyridine rings is 2. The van der Waals surface area contributed by atoms with Gasteiger partial charge in [0.2, 0.25) is 5.91 Å². The summed E-state index contributed by atoms with van der Waals surface area (Å²) in [5, 5.41) is 14.4. The molecule has 4 amide bonds. The second kappa shape index (κ2) is 13.7. The molecule has 0 unspecified atom stereocenters. The zero-order valence-electron chi connectivity index (χ0n) is 28.4. The Morgan fingerprint density at radius 2 is 1.86 bits per heavy atom. The van der Waals surface area contributed by atoms with Crippen LogP contribution in [0, 0.1) is 0 Å². The van der Waals surface area contributed by atoms with E-state index < -0.39 is 29.7 Å². The Morgan fingerprint density at radius 3 is 2.54 bits per heavy atom. The molecule has 16 heteroatoms. The number of nitrogens with one attached hydrogen (secondary N) is 1. The maximum Gasteiger partial charge on any atom is 0.415 e. The molecule has 3 aliphatic heterocycles. The number of aromatic nitrogens is 2. The van der Waals surface area contributed by atoms with E-state index in [0.29, 0.717) is 61.7 Å². The zero-order chi connectivity index (χ0) is 35.9. The fourth-order valence-electron chi connectivity index (χ4n) is 6.83. The van der Waals surface area contributed by atoms with E-state index in [1.54, 1.807) is 39.5 Å². The van der Waals surface area contributed by atoms with Crippen molar-refractivity contribution in [3.63, 3.8) is 0 Å². The Morgan fingerprint density at radius 1 is 1.14 bits per heavy atom. The van der Waals surface area contributed by atoms with Gasteiger partial charge in [0, 0.05) is 61.3 Å². The van der Waals surface area contributed by atoms with E-state index in [9.17, 15) is 29.1 Å². The summed E-state index contributed by atoms with van der Waals surface area (Å²) < 4.78 is 12.7. The standard InChI is InChI=1S/C34H42N8O8/c1-4-34(48)23-15-26-28-19(16-42(26)29(43)22(23)18-49-31(34)45)14-20-21(17-39(2)3)27(8-7-25(20)38-28)50-33(47)41-12-10-40(11-13-41)30(44)24(35)6-5-9-37-32(36)46/h7-8,14-15,24,48H,4-6,9-13,16-18,35H2,1-3H3,(H3,36,37,46)/t24-,34-/m0/s1. The van der Waals surface area contributed by atoms with E-state index in [1.165, 1.54) is 0 Å². The molecule has 0 aliphatic carbocycles. The van der Waals surface area contributed by atoms with Crippen LogP contribution in [0.2, 0.25) is 0 Å². The summed E-state index contributed by atoms with van der Waals surface area (Å²) in [5.74, 6) is -0.623. The van der Waals surface area contributed by atoms with Crippen LogP contribution in [0.1, 0.15) is 48.4 Å². The summed E-state index contributed by atoms with van der Waals surface area (Å²) >= 11 is 0. The summed E-state index contributed by atoms with van der Waals surface area (Å²) in [6, 6.07) is 5.73. The second-order valence-electron chi connectivity index (χ2n) is 13.2. The number of nitrogens with two attached hydrogens (primary N) is 2. The van der Waals surface area contributed by atoms with Gasteiger partial charge in [0.1, 0.15) is 12.4 Å². The van der Waals surface area contributed by atoms with Crippen LogP contribution in [0.5, 0.6) is 5.75 Å². The van der Waals surface area contributed by atoms with Crippen molar-refractivity contribution in [1.82, 2.24) is 29.6 Å². The molecular formula is C34H42N8O8. The minimum atomic E-state index is -1.92. The topological polar surface area (TPSA) is 216 Å². The summed E-state index contributed by atoms with van der Waals surface area (Å²) in [6.45, 7) is 3.60. The van der Waals surface area contributed by atoms with E-state index in [4.69, 9.17) is 25.9 Å². The molecule has 3 aromatic rings. The van der Waals surface area contributed by atoms with Crippen molar-refractivity contribution >= 4 is 34.9 Å². The average molecular weight is 691 g/mol. The molecule has 50 heavy (non-hydrogen) atoms. The number of esters is 1. The van der Waals surface area contributed by atoms with Crippen LogP contribution < -0.4 is 27.1 Å². The van der Waals surface area contributed by atoms with Crippen molar-refractivity contribution < 1.29 is 33.8 Å². The highest BCUT2D eigenvalue weighted by Gasteiger charge is 2.45. The predicted molar refractivity (Wildman–Crippen MR) is 181 cm³/mol. The molecule has 1 fully saturated rings. The van der Waals surface area contributed by atoms with E-state index in [2.05, 4.69) is 5.32 Å². The van der Waals surface area contributed by atoms with Gasteiger partial charge < -0.3 is 50.6 Å². The Kier molecular flexibility index (Phi) is 9.52. The number of cyclic esters (lactones) is 1. The first-order valence-electron chi connectivity index (χ1n) is 16.6. The molecule has 6 rings (SSSR count). The lowest BCUT2D eigenvalue weighted by atomic mass is 9.86. The van der Waals surface area contributed by atoms with Crippen molar-refractivity contribution in [3.05, 3.63) is 56.9 Å². The number of piperazine rings is 1. The van der Waals surface area contributed by atoms with Crippen LogP contribution in [0.25, 0.3) is 22.3 Å². The number of urea groups is 1. The van der Waals surface area contributed by atoms with Crippen LogP contribution in [-0.4, -0.2) is 106 Å². The first kappa shape index (κ1) is 34.8. The third kappa shape index (κ3) is 6.36. The van der Waals surface area contributed by atoms with Gasteiger partial charge in [0.15, 0.2) is 5.60 Å². The van der Waals surface area contributed by atoms with Gasteiger partial charge in [-0.05, 0) is 57.6 Å². The lowest BCUT2D eigenvalue weighted by Crippen LogP contribution is -2.54. The van der Waals surface area contributed by atoms with Gasteiger partial charge >= 0.3 is 18.1 Å². The number of carbonyl (C=O) groups is 4. The molecular weight excluding hydrogens is 648 g/mol. The quantitative estimate of drug-likeness (QED) is 0.141. The number of fused-ring (bicyclic) bond motifs is 5. The molecule has 5 heterocycles. The van der Waals surface area contributed by atoms with Gasteiger partial charge in [0.05, 0.1) is 35.1 Å². The van der Waals surface area contributed by atoms with Gasteiger partial charge in [-0.1, -0.05) is 6.92 Å². The van der Waals surface area contributed by atoms with Crippen LogP contribution in [-0.2, 0) is 39.6 Å². The van der Waals surface area contributed by atoms with Crippen molar-refractivity contribution in [2.24, 2.45) is 11.5 Å². The monoisotopic (exact) mass is 690 g/mol. The molecule has 1 aromatic carbocycles. The summed E-state index contributed by atoms with van der Waals surface area (Å²) in [5.41, 5.74) is 12.6. The third-order valence-corrected chi connectivity index (χ3v) is 9.59. The van der Waals surface area contributed by atoms with Crippen LogP contribution in [0.15, 0.2) is 29.1 Å². The molecule has 0 radical (unpaired) electrons. The third-order valence-electron chi connectivity index (χ3n) is 9.59. The number of rotatable bonds is 9. The summed E-state index contributed by atoms with van der Waals surface area (Å²) in [6.07, 6.45) is 0.405. The average Bonchev–Trinajstić information content (AvgIpc) is 3.45. The Bertz CT molecular complexity index is 1940. The van der Waals surface area contributed by atoms with Gasteiger partial charge in [-0.25, -0.2) is 19.4 Å². The normalized spacial score (nSPS) is 18.7. The van der Waals surface area contributed by atoms with E-state index in [1.807, 2.05) is 25.1 Å². The Labute approximate surface area is 287 Å². The molecule has 1 saturated heterocycles. The van der Waals surface area contributed by atoms with E-state index in [-0.39, 0.29) is 55.3 Å². The number of primary amides is 1. The maximum absolute atomic E-state index is 13.6. The number of hydrogen-bond acceptors (Lipinski definition) is 11. The minimum Gasteiger partial charge on any atom is -0.458 e. The minimum absolute atomic E-state index is 0.0516. The fourth-order valence-corrected chi connectivity index (χ4v) is 6.83. The smallest absolute Gasteiger partial charge is 0.415 e. The van der Waals surface area contributed by atoms with Crippen molar-refractivity contribution in [3.8, 4) is 17.1 Å². The van der Waals surface area contributed by atoms with Gasteiger partial charge in [-0.15, -0.1) is 0 Å². The van der Waals surface area contributed by atoms with Gasteiger partial charge in [-0.3, -0.25) is 9.59 Å². The second-order valence-corrected chi connectivity index (χ2v) is 13.2. The van der Waals surface area contributed by atoms with Crippen molar-refractivity contribution in [1.29, 1.82) is 0 Å². The summed E-state index contributed by atoms with van der Waals surface area (Å²) in [4.78, 5) is 73.3. The number of carbonyl (C=O) groups excluding carboxylic acids is 4. The van der Waals surface area contributed by atoms with Crippen molar-refractivity contribution in [2.45, 2.75) is 57.5 Å². The van der Waals surface area contributed by atoms with Gasteiger partial charge in [-0.2, -0.15) is 0 Å². The molecule has 2 aromatic heterocycles. The van der Waals surface area contributed by atoms with Crippen LogP contribution in [0.3, 0.4) is 0 Å². The SMILES string of the molecule is CC[C@@]1(O)C(=O)OCc2c1cc1n(c2=O)Cc2cc3c(CN(C)C)c(OC(=O)N4CCN(C(=O)[C@@H](N)CCCNC(N)=O)CC4)ccc3nc2-1. The first-order valence-corrected chi connectivity index (χ1v) is 16.6. The Hall–Kier alpha value is -5.06. The molecule has 16 nitrogen and oxygen atoms in total. The number of aliphatic hydroxyl groups is 1. The summed E-state index contributed by atoms with van der Waals surface area (Å²) in [7, 11) is 3.80. The molecule has 266 valence electrons. The molecule has 0 spiro atoms. The highest BCUT2D eigenvalue weighted by atomic mass is 16.6. The van der Waals surface area contributed by atoms with Crippen LogP contribution in [0.4, 0.5) is 9.59 Å². The van der Waals surface area contributed by atoms with Gasteiger partial charge in [0.25, 0.3) is 5.56 Å². The molecule has 2 atom stereocenters. The van der Waals surface area contributed by atoms with E-state index in [0.717, 1.165) is 16.5 Å². The maximum atomic E-state index is 13.6. The first-order chi connectivity index (χ1) is 23.8. The zero-order valence-corrected chi connectivity index (χ0v) is 28.4. The lowest BCUT2D eigenvalue weighted by molar-refractivity contribution is -0.172.